The van der Waals surface area contributed by atoms with Gasteiger partial charge in [-0.15, -0.1) is 0 Å². The largest absolute Gasteiger partial charge is 0.469 e. The van der Waals surface area contributed by atoms with Crippen LogP contribution in [0.5, 0.6) is 0 Å². The number of halogens is 1. The van der Waals surface area contributed by atoms with E-state index < -0.39 is 0 Å². The van der Waals surface area contributed by atoms with Crippen molar-refractivity contribution in [2.45, 2.75) is 52.5 Å². The Bertz CT molecular complexity index is 581. The summed E-state index contributed by atoms with van der Waals surface area (Å²) in [7, 11) is 0. The lowest BCUT2D eigenvalue weighted by Crippen LogP contribution is -2.19. The Morgan fingerprint density at radius 1 is 1.29 bits per heavy atom. The van der Waals surface area contributed by atoms with Crippen LogP contribution in [0.4, 0.5) is 5.82 Å². The monoisotopic (exact) mass is 307 g/mol. The van der Waals surface area contributed by atoms with Gasteiger partial charge in [0.25, 0.3) is 0 Å². The van der Waals surface area contributed by atoms with Crippen molar-refractivity contribution in [2.24, 2.45) is 0 Å². The smallest absolute Gasteiger partial charge is 0.137 e. The molecule has 0 radical (unpaired) electrons. The van der Waals surface area contributed by atoms with Crippen LogP contribution >= 0.6 is 11.6 Å². The van der Waals surface area contributed by atoms with Crippen molar-refractivity contribution in [3.05, 3.63) is 40.7 Å². The maximum absolute atomic E-state index is 6.20. The molecule has 0 aromatic carbocycles. The predicted molar refractivity (Wildman–Crippen MR) is 86.0 cm³/mol. The van der Waals surface area contributed by atoms with E-state index in [1.165, 1.54) is 0 Å². The quantitative estimate of drug-likeness (QED) is 0.793. The second-order valence-corrected chi connectivity index (χ2v) is 6.02. The van der Waals surface area contributed by atoms with Gasteiger partial charge in [0, 0.05) is 23.9 Å². The van der Waals surface area contributed by atoms with Gasteiger partial charge in [-0.2, -0.15) is 0 Å². The van der Waals surface area contributed by atoms with Gasteiger partial charge >= 0.3 is 0 Å². The molecule has 0 spiro atoms. The Morgan fingerprint density at radius 3 is 2.67 bits per heavy atom. The van der Waals surface area contributed by atoms with Crippen molar-refractivity contribution < 1.29 is 4.42 Å². The number of hydrogen-bond donors (Lipinski definition) is 1. The van der Waals surface area contributed by atoms with Crippen LogP contribution in [0.1, 0.15) is 50.3 Å². The van der Waals surface area contributed by atoms with Crippen LogP contribution in [-0.2, 0) is 6.42 Å². The van der Waals surface area contributed by atoms with Crippen LogP contribution in [0.3, 0.4) is 0 Å². The molecule has 4 nitrogen and oxygen atoms in total. The van der Waals surface area contributed by atoms with E-state index in [1.807, 2.05) is 19.1 Å². The maximum atomic E-state index is 6.20. The van der Waals surface area contributed by atoms with Crippen molar-refractivity contribution in [1.29, 1.82) is 0 Å². The lowest BCUT2D eigenvalue weighted by Gasteiger charge is -2.17. The summed E-state index contributed by atoms with van der Waals surface area (Å²) in [6.45, 7) is 8.19. The molecule has 0 aliphatic carbocycles. The molecule has 1 N–H and O–H groups in total. The zero-order chi connectivity index (χ0) is 15.4. The highest BCUT2D eigenvalue weighted by molar-refractivity contribution is 6.30. The second-order valence-electron chi connectivity index (χ2n) is 5.66. The van der Waals surface area contributed by atoms with Gasteiger partial charge in [0.05, 0.1) is 6.26 Å². The minimum Gasteiger partial charge on any atom is -0.469 e. The van der Waals surface area contributed by atoms with E-state index >= 15 is 0 Å². The average Bonchev–Trinajstić information content (AvgIpc) is 2.94. The minimum atomic E-state index is 0.252. The number of rotatable bonds is 6. The molecule has 2 heterocycles. The molecule has 0 saturated heterocycles. The van der Waals surface area contributed by atoms with Crippen LogP contribution in [0.25, 0.3) is 0 Å². The molecule has 114 valence electrons. The zero-order valence-electron chi connectivity index (χ0n) is 13.0. The van der Waals surface area contributed by atoms with E-state index in [-0.39, 0.29) is 12.0 Å². The number of nitrogens with one attached hydrogen (secondary N) is 1. The van der Waals surface area contributed by atoms with Crippen LogP contribution in [0, 0.1) is 6.92 Å². The topological polar surface area (TPSA) is 51.0 Å². The summed E-state index contributed by atoms with van der Waals surface area (Å²) in [6.07, 6.45) is 3.57. The molecule has 0 saturated carbocycles. The van der Waals surface area contributed by atoms with Crippen molar-refractivity contribution >= 4 is 17.4 Å². The van der Waals surface area contributed by atoms with E-state index in [1.54, 1.807) is 6.26 Å². The summed E-state index contributed by atoms with van der Waals surface area (Å²) in [5.41, 5.74) is 0.894. The van der Waals surface area contributed by atoms with E-state index in [4.69, 9.17) is 16.0 Å². The van der Waals surface area contributed by atoms with Gasteiger partial charge in [-0.25, -0.2) is 9.97 Å². The highest BCUT2D eigenvalue weighted by Gasteiger charge is 2.13. The van der Waals surface area contributed by atoms with Gasteiger partial charge in [-0.05, 0) is 32.4 Å². The third-order valence-corrected chi connectivity index (χ3v) is 3.78. The molecule has 5 heteroatoms. The fraction of sp³-hybridized carbons (Fsp3) is 0.500. The Morgan fingerprint density at radius 2 is 2.05 bits per heavy atom. The average molecular weight is 308 g/mol. The molecule has 2 aromatic heterocycles. The normalized spacial score (nSPS) is 12.7. The fourth-order valence-corrected chi connectivity index (χ4v) is 2.20. The molecule has 0 aliphatic heterocycles. The zero-order valence-corrected chi connectivity index (χ0v) is 13.7. The van der Waals surface area contributed by atoms with Gasteiger partial charge in [-0.3, -0.25) is 0 Å². The van der Waals surface area contributed by atoms with Crippen molar-refractivity contribution in [2.75, 3.05) is 5.32 Å². The van der Waals surface area contributed by atoms with E-state index in [2.05, 4.69) is 36.1 Å². The SMILES string of the molecule is Cc1c(Cl)nc(C(C)C)nc1NC(C)CCc1ccco1. The first kappa shape index (κ1) is 15.8. The highest BCUT2D eigenvalue weighted by Crippen LogP contribution is 2.24. The van der Waals surface area contributed by atoms with Crippen LogP contribution < -0.4 is 5.32 Å². The van der Waals surface area contributed by atoms with Gasteiger partial charge in [-0.1, -0.05) is 25.4 Å². The Hall–Kier alpha value is -1.55. The summed E-state index contributed by atoms with van der Waals surface area (Å²) in [4.78, 5) is 8.91. The van der Waals surface area contributed by atoms with Gasteiger partial charge in [0.15, 0.2) is 0 Å². The number of hydrogen-bond acceptors (Lipinski definition) is 4. The molecule has 2 aromatic rings. The summed E-state index contributed by atoms with van der Waals surface area (Å²) in [6, 6.07) is 4.19. The molecule has 21 heavy (non-hydrogen) atoms. The molecule has 0 fully saturated rings. The van der Waals surface area contributed by atoms with E-state index in [9.17, 15) is 0 Å². The highest BCUT2D eigenvalue weighted by atomic mass is 35.5. The number of anilines is 1. The summed E-state index contributed by atoms with van der Waals surface area (Å²) >= 11 is 6.20. The molecule has 0 amide bonds. The molecule has 0 aliphatic rings. The first-order valence-corrected chi connectivity index (χ1v) is 7.68. The molecule has 0 bridgehead atoms. The molecule has 1 unspecified atom stereocenters. The van der Waals surface area contributed by atoms with Crippen molar-refractivity contribution in [3.8, 4) is 0 Å². The number of aryl methyl sites for hydroxylation is 1. The fourth-order valence-electron chi connectivity index (χ4n) is 2.02. The summed E-state index contributed by atoms with van der Waals surface area (Å²) < 4.78 is 5.35. The first-order chi connectivity index (χ1) is 9.97. The van der Waals surface area contributed by atoms with Crippen molar-refractivity contribution in [3.63, 3.8) is 0 Å². The molecular formula is C16H22ClN3O. The maximum Gasteiger partial charge on any atom is 0.137 e. The number of nitrogens with zero attached hydrogens (tertiary/aromatic N) is 2. The standard InChI is InChI=1S/C16H22ClN3O/c1-10(2)15-19-14(17)12(4)16(20-15)18-11(3)7-8-13-6-5-9-21-13/h5-6,9-11H,7-8H2,1-4H3,(H,18,19,20). The van der Waals surface area contributed by atoms with Gasteiger partial charge in [0.2, 0.25) is 0 Å². The lowest BCUT2D eigenvalue weighted by molar-refractivity contribution is 0.494. The van der Waals surface area contributed by atoms with Gasteiger partial charge < -0.3 is 9.73 Å². The second kappa shape index (κ2) is 6.94. The van der Waals surface area contributed by atoms with Crippen LogP contribution in [0.2, 0.25) is 5.15 Å². The number of furan rings is 1. The van der Waals surface area contributed by atoms with Crippen LogP contribution in [0.15, 0.2) is 22.8 Å². The Labute approximate surface area is 130 Å². The minimum absolute atomic E-state index is 0.252. The van der Waals surface area contributed by atoms with Crippen molar-refractivity contribution in [1.82, 2.24) is 9.97 Å². The third-order valence-electron chi connectivity index (χ3n) is 3.41. The Balaban J connectivity index is 2.04. The third kappa shape index (κ3) is 4.21. The van der Waals surface area contributed by atoms with E-state index in [0.717, 1.165) is 35.8 Å². The van der Waals surface area contributed by atoms with Gasteiger partial charge in [0.1, 0.15) is 22.6 Å². The summed E-state index contributed by atoms with van der Waals surface area (Å²) in [5, 5.41) is 3.95. The summed E-state index contributed by atoms with van der Waals surface area (Å²) in [5.74, 6) is 2.85. The van der Waals surface area contributed by atoms with E-state index in [0.29, 0.717) is 5.15 Å². The predicted octanol–water partition coefficient (Wildman–Crippen LogP) is 4.59. The lowest BCUT2D eigenvalue weighted by atomic mass is 10.1. The Kier molecular flexibility index (Phi) is 5.23. The van der Waals surface area contributed by atoms with Crippen LogP contribution in [-0.4, -0.2) is 16.0 Å². The molecule has 1 atom stereocenters. The number of aromatic nitrogens is 2. The molecule has 2 rings (SSSR count). The first-order valence-electron chi connectivity index (χ1n) is 7.30. The molecular weight excluding hydrogens is 286 g/mol.